The molecule has 8 nitrogen and oxygen atoms in total. The number of rotatable bonds is 4. The number of benzene rings is 1. The average Bonchev–Trinajstić information content (AvgIpc) is 2.78. The normalized spacial score (nSPS) is 10.2. The number of methoxy groups -OCH3 is 2. The van der Waals surface area contributed by atoms with Gasteiger partial charge in [0.2, 0.25) is 0 Å². The Hall–Kier alpha value is -2.77. The van der Waals surface area contributed by atoms with Crippen LogP contribution in [0.25, 0.3) is 0 Å². The molecule has 106 valence electrons. The van der Waals surface area contributed by atoms with Crippen molar-refractivity contribution in [2.75, 3.05) is 19.5 Å². The standard InChI is InChI=1S/C12H13N3O5/c1-15-10(12(17)20-14-15)11(16)13-8-5-4-7(18-2)6-9(8)19-3/h4-6H,1-3H3,(H-,13,14,16,17)/p+1. The minimum Gasteiger partial charge on any atom is -0.497 e. The maximum absolute atomic E-state index is 12.0. The van der Waals surface area contributed by atoms with Gasteiger partial charge in [0.15, 0.2) is 7.05 Å². The Labute approximate surface area is 113 Å². The van der Waals surface area contributed by atoms with E-state index in [0.29, 0.717) is 17.2 Å². The van der Waals surface area contributed by atoms with Crippen molar-refractivity contribution >= 4 is 11.6 Å². The van der Waals surface area contributed by atoms with Crippen LogP contribution in [0.4, 0.5) is 5.69 Å². The van der Waals surface area contributed by atoms with Crippen molar-refractivity contribution in [3.63, 3.8) is 0 Å². The number of ether oxygens (including phenoxy) is 2. The number of carbonyl (C=O) groups excluding carboxylic acids is 1. The first-order valence-corrected chi connectivity index (χ1v) is 5.67. The number of amides is 1. The molecule has 0 bridgehead atoms. The number of aromatic amines is 1. The van der Waals surface area contributed by atoms with Crippen LogP contribution in [-0.2, 0) is 7.05 Å². The lowest BCUT2D eigenvalue weighted by molar-refractivity contribution is -0.741. The number of aryl methyl sites for hydroxylation is 1. The molecule has 1 aromatic heterocycles. The summed E-state index contributed by atoms with van der Waals surface area (Å²) in [6.45, 7) is 0. The number of nitrogens with one attached hydrogen (secondary N) is 2. The van der Waals surface area contributed by atoms with E-state index in [1.165, 1.54) is 25.9 Å². The third-order valence-electron chi connectivity index (χ3n) is 2.68. The number of nitrogens with zero attached hydrogens (tertiary/aromatic N) is 1. The molecule has 20 heavy (non-hydrogen) atoms. The van der Waals surface area contributed by atoms with Crippen LogP contribution < -0.4 is 25.1 Å². The molecule has 0 aliphatic rings. The lowest BCUT2D eigenvalue weighted by Gasteiger charge is -2.09. The van der Waals surface area contributed by atoms with Gasteiger partial charge in [0.1, 0.15) is 11.5 Å². The van der Waals surface area contributed by atoms with E-state index in [4.69, 9.17) is 9.47 Å². The zero-order valence-corrected chi connectivity index (χ0v) is 11.2. The van der Waals surface area contributed by atoms with Crippen LogP contribution in [-0.4, -0.2) is 25.4 Å². The molecule has 1 amide bonds. The molecule has 0 spiro atoms. The maximum atomic E-state index is 12.0. The van der Waals surface area contributed by atoms with Gasteiger partial charge in [-0.2, -0.15) is 0 Å². The van der Waals surface area contributed by atoms with Crippen molar-refractivity contribution in [3.8, 4) is 11.5 Å². The van der Waals surface area contributed by atoms with E-state index in [0.717, 1.165) is 0 Å². The molecular weight excluding hydrogens is 266 g/mol. The number of hydrogen-bond donors (Lipinski definition) is 2. The molecule has 0 aliphatic heterocycles. The summed E-state index contributed by atoms with van der Waals surface area (Å²) in [5, 5.41) is 4.84. The van der Waals surface area contributed by atoms with Crippen LogP contribution in [0.5, 0.6) is 11.5 Å². The minimum absolute atomic E-state index is 0.150. The fourth-order valence-electron chi connectivity index (χ4n) is 1.67. The van der Waals surface area contributed by atoms with Crippen LogP contribution in [0.15, 0.2) is 27.5 Å². The van der Waals surface area contributed by atoms with Crippen molar-refractivity contribution in [2.24, 2.45) is 7.05 Å². The highest BCUT2D eigenvalue weighted by atomic mass is 16.5. The van der Waals surface area contributed by atoms with Crippen LogP contribution in [0.1, 0.15) is 10.5 Å². The van der Waals surface area contributed by atoms with E-state index in [2.05, 4.69) is 15.1 Å². The van der Waals surface area contributed by atoms with E-state index in [1.54, 1.807) is 18.2 Å². The molecule has 8 heteroatoms. The summed E-state index contributed by atoms with van der Waals surface area (Å²) in [6.07, 6.45) is 0. The maximum Gasteiger partial charge on any atom is 0.440 e. The smallest absolute Gasteiger partial charge is 0.440 e. The summed E-state index contributed by atoms with van der Waals surface area (Å²) in [5.74, 6) is 0.401. The second kappa shape index (κ2) is 5.47. The largest absolute Gasteiger partial charge is 0.497 e. The molecule has 2 N–H and O–H groups in total. The third-order valence-corrected chi connectivity index (χ3v) is 2.68. The fraction of sp³-hybridized carbons (Fsp3) is 0.250. The molecule has 0 saturated heterocycles. The van der Waals surface area contributed by atoms with Crippen molar-refractivity contribution in [2.45, 2.75) is 0 Å². The first-order chi connectivity index (χ1) is 9.56. The first kappa shape index (κ1) is 13.7. The highest BCUT2D eigenvalue weighted by Crippen LogP contribution is 2.29. The van der Waals surface area contributed by atoms with Gasteiger partial charge in [-0.05, 0) is 17.4 Å². The molecule has 0 fully saturated rings. The van der Waals surface area contributed by atoms with E-state index in [9.17, 15) is 9.59 Å². The fourth-order valence-corrected chi connectivity index (χ4v) is 1.67. The first-order valence-electron chi connectivity index (χ1n) is 5.67. The third kappa shape index (κ3) is 2.48. The molecule has 0 radical (unpaired) electrons. The Morgan fingerprint density at radius 2 is 2.10 bits per heavy atom. The van der Waals surface area contributed by atoms with E-state index < -0.39 is 11.5 Å². The van der Waals surface area contributed by atoms with Crippen LogP contribution in [0.3, 0.4) is 0 Å². The predicted molar refractivity (Wildman–Crippen MR) is 68.0 cm³/mol. The summed E-state index contributed by atoms with van der Waals surface area (Å²) in [6, 6.07) is 4.90. The van der Waals surface area contributed by atoms with Gasteiger partial charge in [-0.25, -0.2) is 4.79 Å². The van der Waals surface area contributed by atoms with Gasteiger partial charge in [-0.3, -0.25) is 9.32 Å². The monoisotopic (exact) mass is 280 g/mol. The number of hydrogen-bond acceptors (Lipinski definition) is 5. The van der Waals surface area contributed by atoms with Crippen LogP contribution in [0.2, 0.25) is 0 Å². The van der Waals surface area contributed by atoms with Crippen LogP contribution in [0, 0.1) is 0 Å². The number of carbonyl (C=O) groups is 1. The van der Waals surface area contributed by atoms with Crippen LogP contribution >= 0.6 is 0 Å². The topological polar surface area (TPSA) is 97.4 Å². The van der Waals surface area contributed by atoms with Gasteiger partial charge in [0, 0.05) is 6.07 Å². The summed E-state index contributed by atoms with van der Waals surface area (Å²) in [7, 11) is 4.48. The lowest BCUT2D eigenvalue weighted by atomic mass is 10.2. The molecule has 2 aromatic rings. The Morgan fingerprint density at radius 3 is 2.65 bits per heavy atom. The second-order valence-electron chi connectivity index (χ2n) is 3.91. The lowest BCUT2D eigenvalue weighted by Crippen LogP contribution is -2.41. The summed E-state index contributed by atoms with van der Waals surface area (Å²) in [4.78, 5) is 23.4. The van der Waals surface area contributed by atoms with Gasteiger partial charge in [0.25, 0.3) is 0 Å². The SMILES string of the molecule is COc1ccc(NC(=O)c2c(=O)o[nH][n+]2C)c(OC)c1. The van der Waals surface area contributed by atoms with Crippen molar-refractivity contribution in [1.29, 1.82) is 0 Å². The predicted octanol–water partition coefficient (Wildman–Crippen LogP) is 0.0619. The summed E-state index contributed by atoms with van der Waals surface area (Å²) in [5.41, 5.74) is -0.487. The summed E-state index contributed by atoms with van der Waals surface area (Å²) < 4.78 is 15.9. The molecule has 1 aromatic carbocycles. The van der Waals surface area contributed by atoms with Crippen molar-refractivity contribution in [1.82, 2.24) is 5.27 Å². The zero-order chi connectivity index (χ0) is 14.7. The van der Waals surface area contributed by atoms with Gasteiger partial charge >= 0.3 is 17.2 Å². The van der Waals surface area contributed by atoms with Gasteiger partial charge < -0.3 is 14.8 Å². The van der Waals surface area contributed by atoms with Crippen molar-refractivity contribution < 1.29 is 23.5 Å². The highest BCUT2D eigenvalue weighted by molar-refractivity contribution is 6.02. The molecule has 0 unspecified atom stereocenters. The quantitative estimate of drug-likeness (QED) is 0.772. The Balaban J connectivity index is 2.30. The van der Waals surface area contributed by atoms with Gasteiger partial charge in [-0.1, -0.05) is 4.68 Å². The minimum atomic E-state index is -0.752. The second-order valence-corrected chi connectivity index (χ2v) is 3.91. The molecule has 0 atom stereocenters. The summed E-state index contributed by atoms with van der Waals surface area (Å²) >= 11 is 0. The zero-order valence-electron chi connectivity index (χ0n) is 11.2. The van der Waals surface area contributed by atoms with E-state index in [1.807, 2.05) is 0 Å². The molecule has 0 aliphatic carbocycles. The molecular formula is C12H14N3O5+. The van der Waals surface area contributed by atoms with Gasteiger partial charge in [0.05, 0.1) is 19.9 Å². The van der Waals surface area contributed by atoms with E-state index >= 15 is 0 Å². The van der Waals surface area contributed by atoms with Crippen molar-refractivity contribution in [3.05, 3.63) is 34.3 Å². The highest BCUT2D eigenvalue weighted by Gasteiger charge is 2.27. The molecule has 2 rings (SSSR count). The molecule has 1 heterocycles. The molecule has 0 saturated carbocycles. The van der Waals surface area contributed by atoms with E-state index in [-0.39, 0.29) is 5.69 Å². The van der Waals surface area contributed by atoms with Gasteiger partial charge in [-0.15, -0.1) is 0 Å². The Morgan fingerprint density at radius 1 is 1.35 bits per heavy atom. The Kier molecular flexibility index (Phi) is 3.74. The number of H-pyrrole nitrogens is 1. The number of aromatic nitrogens is 2. The Bertz CT molecular complexity index is 689. The average molecular weight is 280 g/mol. The number of anilines is 1.